The van der Waals surface area contributed by atoms with Gasteiger partial charge in [-0.2, -0.15) is 0 Å². The SMILES string of the molecule is CC[C@@H](C)NC[C@@H](O)COc1ccccc1[N+](=O)[O-]. The van der Waals surface area contributed by atoms with Crippen molar-refractivity contribution in [3.05, 3.63) is 34.4 Å². The Hall–Kier alpha value is -1.66. The summed E-state index contributed by atoms with van der Waals surface area (Å²) in [6.07, 6.45) is 0.270. The number of aliphatic hydroxyl groups excluding tert-OH is 1. The third-order valence-electron chi connectivity index (χ3n) is 2.81. The molecule has 0 saturated carbocycles. The van der Waals surface area contributed by atoms with Crippen LogP contribution in [0.4, 0.5) is 5.69 Å². The van der Waals surface area contributed by atoms with E-state index in [-0.39, 0.29) is 18.0 Å². The lowest BCUT2D eigenvalue weighted by Gasteiger charge is -2.16. The number of rotatable bonds is 8. The molecule has 0 saturated heterocycles. The number of hydrogen-bond donors (Lipinski definition) is 2. The predicted molar refractivity (Wildman–Crippen MR) is 72.4 cm³/mol. The number of benzene rings is 1. The zero-order valence-electron chi connectivity index (χ0n) is 11.2. The van der Waals surface area contributed by atoms with Gasteiger partial charge >= 0.3 is 5.69 Å². The van der Waals surface area contributed by atoms with Gasteiger partial charge in [-0.05, 0) is 19.4 Å². The maximum Gasteiger partial charge on any atom is 0.310 e. The molecule has 0 spiro atoms. The largest absolute Gasteiger partial charge is 0.484 e. The van der Waals surface area contributed by atoms with Crippen LogP contribution < -0.4 is 10.1 Å². The molecule has 6 heteroatoms. The van der Waals surface area contributed by atoms with E-state index >= 15 is 0 Å². The smallest absolute Gasteiger partial charge is 0.310 e. The quantitative estimate of drug-likeness (QED) is 0.554. The summed E-state index contributed by atoms with van der Waals surface area (Å²) >= 11 is 0. The summed E-state index contributed by atoms with van der Waals surface area (Å²) in [7, 11) is 0. The van der Waals surface area contributed by atoms with Gasteiger partial charge in [0, 0.05) is 18.7 Å². The molecule has 2 atom stereocenters. The summed E-state index contributed by atoms with van der Waals surface area (Å²) in [6.45, 7) is 4.49. The Balaban J connectivity index is 2.46. The average molecular weight is 268 g/mol. The Kier molecular flexibility index (Phi) is 6.24. The summed E-state index contributed by atoms with van der Waals surface area (Å²) in [6, 6.07) is 6.45. The van der Waals surface area contributed by atoms with Crippen molar-refractivity contribution < 1.29 is 14.8 Å². The predicted octanol–water partition coefficient (Wildman–Crippen LogP) is 1.72. The van der Waals surface area contributed by atoms with E-state index in [0.29, 0.717) is 12.6 Å². The molecule has 1 aromatic carbocycles. The van der Waals surface area contributed by atoms with Crippen LogP contribution in [0.5, 0.6) is 5.75 Å². The molecule has 0 radical (unpaired) electrons. The minimum atomic E-state index is -0.700. The highest BCUT2D eigenvalue weighted by atomic mass is 16.6. The molecule has 0 amide bonds. The highest BCUT2D eigenvalue weighted by Crippen LogP contribution is 2.25. The van der Waals surface area contributed by atoms with Crippen LogP contribution in [0.1, 0.15) is 20.3 Å². The van der Waals surface area contributed by atoms with Gasteiger partial charge in [-0.15, -0.1) is 0 Å². The van der Waals surface area contributed by atoms with Gasteiger partial charge in [0.2, 0.25) is 0 Å². The third kappa shape index (κ3) is 5.23. The van der Waals surface area contributed by atoms with Crippen molar-refractivity contribution in [3.8, 4) is 5.75 Å². The number of hydrogen-bond acceptors (Lipinski definition) is 5. The summed E-state index contributed by atoms with van der Waals surface area (Å²) < 4.78 is 5.29. The number of nitro groups is 1. The van der Waals surface area contributed by atoms with Gasteiger partial charge in [0.1, 0.15) is 12.7 Å². The molecule has 1 aromatic rings. The van der Waals surface area contributed by atoms with Crippen molar-refractivity contribution in [3.63, 3.8) is 0 Å². The van der Waals surface area contributed by atoms with Crippen LogP contribution in [0, 0.1) is 10.1 Å². The standard InChI is InChI=1S/C13H20N2O4/c1-3-10(2)14-8-11(16)9-19-13-7-5-4-6-12(13)15(17)18/h4-7,10-11,14,16H,3,8-9H2,1-2H3/t10-,11-/m1/s1. The Morgan fingerprint density at radius 2 is 2.16 bits per heavy atom. The molecular weight excluding hydrogens is 248 g/mol. The summed E-state index contributed by atoms with van der Waals surface area (Å²) in [5.41, 5.74) is -0.0930. The maximum atomic E-state index is 10.8. The zero-order chi connectivity index (χ0) is 14.3. The van der Waals surface area contributed by atoms with E-state index in [1.807, 2.05) is 13.8 Å². The molecule has 2 N–H and O–H groups in total. The molecule has 19 heavy (non-hydrogen) atoms. The van der Waals surface area contributed by atoms with E-state index in [4.69, 9.17) is 4.74 Å². The Morgan fingerprint density at radius 3 is 2.79 bits per heavy atom. The van der Waals surface area contributed by atoms with Crippen molar-refractivity contribution in [1.29, 1.82) is 0 Å². The number of nitro benzene ring substituents is 1. The minimum Gasteiger partial charge on any atom is -0.484 e. The van der Waals surface area contributed by atoms with Crippen LogP contribution in [0.2, 0.25) is 0 Å². The zero-order valence-corrected chi connectivity index (χ0v) is 11.2. The van der Waals surface area contributed by atoms with Gasteiger partial charge < -0.3 is 15.2 Å². The van der Waals surface area contributed by atoms with E-state index in [1.165, 1.54) is 12.1 Å². The van der Waals surface area contributed by atoms with Crippen molar-refractivity contribution in [2.75, 3.05) is 13.2 Å². The molecule has 0 bridgehead atoms. The molecule has 0 heterocycles. The van der Waals surface area contributed by atoms with Crippen molar-refractivity contribution in [1.82, 2.24) is 5.32 Å². The van der Waals surface area contributed by atoms with Crippen molar-refractivity contribution >= 4 is 5.69 Å². The summed E-state index contributed by atoms with van der Waals surface area (Å²) in [5.74, 6) is 0.176. The van der Waals surface area contributed by atoms with Crippen LogP contribution in [0.15, 0.2) is 24.3 Å². The van der Waals surface area contributed by atoms with Gasteiger partial charge in [-0.3, -0.25) is 10.1 Å². The molecule has 0 fully saturated rings. The first-order valence-corrected chi connectivity index (χ1v) is 6.32. The fourth-order valence-electron chi connectivity index (χ4n) is 1.46. The Labute approximate surface area is 112 Å². The van der Waals surface area contributed by atoms with E-state index in [1.54, 1.807) is 12.1 Å². The minimum absolute atomic E-state index is 0.0221. The van der Waals surface area contributed by atoms with Crippen LogP contribution in [0.25, 0.3) is 0 Å². The molecular formula is C13H20N2O4. The van der Waals surface area contributed by atoms with Crippen LogP contribution in [-0.4, -0.2) is 35.3 Å². The monoisotopic (exact) mass is 268 g/mol. The van der Waals surface area contributed by atoms with Crippen molar-refractivity contribution in [2.45, 2.75) is 32.4 Å². The second-order valence-corrected chi connectivity index (χ2v) is 4.41. The summed E-state index contributed by atoms with van der Waals surface area (Å²) in [5, 5.41) is 23.6. The Morgan fingerprint density at radius 1 is 1.47 bits per heavy atom. The van der Waals surface area contributed by atoms with Gasteiger partial charge in [-0.1, -0.05) is 19.1 Å². The molecule has 0 aromatic heterocycles. The number of para-hydroxylation sites is 2. The maximum absolute atomic E-state index is 10.8. The first-order valence-electron chi connectivity index (χ1n) is 6.32. The number of nitrogens with zero attached hydrogens (tertiary/aromatic N) is 1. The van der Waals surface area contributed by atoms with Gasteiger partial charge in [0.15, 0.2) is 5.75 Å². The first kappa shape index (κ1) is 15.4. The molecule has 0 aliphatic rings. The molecule has 0 aliphatic carbocycles. The van der Waals surface area contributed by atoms with Gasteiger partial charge in [-0.25, -0.2) is 0 Å². The first-order chi connectivity index (χ1) is 9.04. The highest BCUT2D eigenvalue weighted by Gasteiger charge is 2.15. The van der Waals surface area contributed by atoms with E-state index in [0.717, 1.165) is 6.42 Å². The fraction of sp³-hybridized carbons (Fsp3) is 0.538. The second kappa shape index (κ2) is 7.70. The fourth-order valence-corrected chi connectivity index (χ4v) is 1.46. The van der Waals surface area contributed by atoms with Crippen LogP contribution in [-0.2, 0) is 0 Å². The van der Waals surface area contributed by atoms with Gasteiger partial charge in [0.25, 0.3) is 0 Å². The molecule has 1 rings (SSSR count). The van der Waals surface area contributed by atoms with Gasteiger partial charge in [0.05, 0.1) is 4.92 Å². The van der Waals surface area contributed by atoms with E-state index < -0.39 is 11.0 Å². The second-order valence-electron chi connectivity index (χ2n) is 4.41. The lowest BCUT2D eigenvalue weighted by Crippen LogP contribution is -2.36. The highest BCUT2D eigenvalue weighted by molar-refractivity contribution is 5.45. The topological polar surface area (TPSA) is 84.6 Å². The van der Waals surface area contributed by atoms with E-state index in [2.05, 4.69) is 5.32 Å². The summed E-state index contributed by atoms with van der Waals surface area (Å²) in [4.78, 5) is 10.3. The number of ether oxygens (including phenoxy) is 1. The van der Waals surface area contributed by atoms with Crippen LogP contribution >= 0.6 is 0 Å². The van der Waals surface area contributed by atoms with Crippen molar-refractivity contribution in [2.24, 2.45) is 0 Å². The molecule has 0 unspecified atom stereocenters. The Bertz CT molecular complexity index is 411. The normalized spacial score (nSPS) is 13.8. The lowest BCUT2D eigenvalue weighted by molar-refractivity contribution is -0.385. The number of aliphatic hydroxyl groups is 1. The van der Waals surface area contributed by atoms with Crippen LogP contribution in [0.3, 0.4) is 0 Å². The van der Waals surface area contributed by atoms with E-state index in [9.17, 15) is 15.2 Å². The lowest BCUT2D eigenvalue weighted by atomic mass is 10.2. The third-order valence-corrected chi connectivity index (χ3v) is 2.81. The average Bonchev–Trinajstić information content (AvgIpc) is 2.42. The molecule has 106 valence electrons. The molecule has 6 nitrogen and oxygen atoms in total. The molecule has 0 aliphatic heterocycles. The number of nitrogens with one attached hydrogen (secondary N) is 1.